The number of aliphatic hydroxyl groups is 1. The Morgan fingerprint density at radius 1 is 1.03 bits per heavy atom. The summed E-state index contributed by atoms with van der Waals surface area (Å²) >= 11 is 0. The molecule has 198 valence electrons. The quantitative estimate of drug-likeness (QED) is 0.200. The second-order valence-corrected chi connectivity index (χ2v) is 8.35. The molecule has 10 heteroatoms. The third kappa shape index (κ3) is 12.2. The zero-order valence-electron chi connectivity index (χ0n) is 20.9. The second kappa shape index (κ2) is 16.9. The normalized spacial score (nSPS) is 13.8. The molecule has 4 atom stereocenters. The minimum absolute atomic E-state index is 0.00609. The van der Waals surface area contributed by atoms with Crippen LogP contribution in [-0.2, 0) is 30.5 Å². The molecule has 4 N–H and O–H groups in total. The van der Waals surface area contributed by atoms with Crippen LogP contribution >= 0.6 is 0 Å². The van der Waals surface area contributed by atoms with Crippen LogP contribution in [0.15, 0.2) is 55.6 Å². The highest BCUT2D eigenvalue weighted by atomic mass is 16.6. The fourth-order valence-corrected chi connectivity index (χ4v) is 3.09. The van der Waals surface area contributed by atoms with Crippen molar-refractivity contribution < 1.29 is 33.8 Å². The third-order valence-corrected chi connectivity index (χ3v) is 5.01. The zero-order valence-corrected chi connectivity index (χ0v) is 20.9. The Morgan fingerprint density at radius 3 is 2.31 bits per heavy atom. The molecule has 0 aromatic heterocycles. The van der Waals surface area contributed by atoms with E-state index in [9.17, 15) is 19.2 Å². The number of hydrogen-bond acceptors (Lipinski definition) is 7. The molecule has 10 nitrogen and oxygen atoms in total. The van der Waals surface area contributed by atoms with Crippen LogP contribution in [0.5, 0.6) is 0 Å². The number of carbonyl (C=O) groups excluding carboxylic acids is 4. The predicted molar refractivity (Wildman–Crippen MR) is 135 cm³/mol. The van der Waals surface area contributed by atoms with Gasteiger partial charge in [-0.2, -0.15) is 0 Å². The zero-order chi connectivity index (χ0) is 26.9. The number of rotatable bonds is 16. The van der Waals surface area contributed by atoms with E-state index in [1.165, 1.54) is 6.08 Å². The maximum absolute atomic E-state index is 12.6. The molecule has 0 aliphatic carbocycles. The van der Waals surface area contributed by atoms with Crippen molar-refractivity contribution in [1.82, 2.24) is 16.0 Å². The highest BCUT2D eigenvalue weighted by Crippen LogP contribution is 2.10. The summed E-state index contributed by atoms with van der Waals surface area (Å²) in [7, 11) is 0. The number of allylic oxidation sites excluding steroid dienone is 1. The van der Waals surface area contributed by atoms with Crippen LogP contribution in [0.3, 0.4) is 0 Å². The molecule has 36 heavy (non-hydrogen) atoms. The van der Waals surface area contributed by atoms with Gasteiger partial charge in [0.1, 0.15) is 18.8 Å². The van der Waals surface area contributed by atoms with Gasteiger partial charge in [-0.25, -0.2) is 9.59 Å². The second-order valence-electron chi connectivity index (χ2n) is 8.35. The number of carbonyl (C=O) groups is 4. The summed E-state index contributed by atoms with van der Waals surface area (Å²) in [6, 6.07) is 7.67. The molecule has 0 heterocycles. The number of esters is 1. The molecule has 1 aromatic carbocycles. The fraction of sp³-hybridized carbons (Fsp3) is 0.462. The molecule has 0 fully saturated rings. The number of ether oxygens (including phenoxy) is 2. The van der Waals surface area contributed by atoms with Crippen LogP contribution < -0.4 is 16.0 Å². The number of benzene rings is 1. The lowest BCUT2D eigenvalue weighted by molar-refractivity contribution is -0.151. The lowest BCUT2D eigenvalue weighted by Gasteiger charge is -2.21. The van der Waals surface area contributed by atoms with Crippen LogP contribution in [-0.4, -0.2) is 60.3 Å². The molecule has 0 aliphatic rings. The first-order valence-electron chi connectivity index (χ1n) is 11.8. The summed E-state index contributed by atoms with van der Waals surface area (Å²) in [6.07, 6.45) is 1.86. The van der Waals surface area contributed by atoms with Gasteiger partial charge >= 0.3 is 12.1 Å². The molecule has 0 saturated carbocycles. The highest BCUT2D eigenvalue weighted by Gasteiger charge is 2.25. The highest BCUT2D eigenvalue weighted by molar-refractivity contribution is 5.86. The number of amides is 3. The SMILES string of the molecule is C=CC[C@@H](CC(=O)N[C@@H](C)CO)C(=O)NC[C@H](C)OC(=O)[C@@H](CC=C)NC(=O)OCc1ccccc1. The Kier molecular flexibility index (Phi) is 14.2. The molecule has 1 rings (SSSR count). The average Bonchev–Trinajstić information content (AvgIpc) is 2.85. The monoisotopic (exact) mass is 503 g/mol. The Bertz CT molecular complexity index is 876. The molecule has 0 aliphatic heterocycles. The van der Waals surface area contributed by atoms with Gasteiger partial charge in [0.05, 0.1) is 19.1 Å². The van der Waals surface area contributed by atoms with Gasteiger partial charge < -0.3 is 30.5 Å². The van der Waals surface area contributed by atoms with Crippen molar-refractivity contribution in [3.8, 4) is 0 Å². The first-order chi connectivity index (χ1) is 17.2. The van der Waals surface area contributed by atoms with E-state index >= 15 is 0 Å². The molecule has 1 aromatic rings. The first kappa shape index (κ1) is 30.4. The molecule has 0 saturated heterocycles. The lowest BCUT2D eigenvalue weighted by atomic mass is 9.99. The molecular formula is C26H37N3O7. The van der Waals surface area contributed by atoms with Crippen molar-refractivity contribution in [2.45, 2.75) is 57.9 Å². The van der Waals surface area contributed by atoms with Crippen LogP contribution in [0.1, 0.15) is 38.7 Å². The summed E-state index contributed by atoms with van der Waals surface area (Å²) in [6.45, 7) is 10.3. The Balaban J connectivity index is 2.55. The number of alkyl carbamates (subject to hydrolysis) is 1. The van der Waals surface area contributed by atoms with E-state index in [4.69, 9.17) is 14.6 Å². The Hall–Kier alpha value is -3.66. The fourth-order valence-electron chi connectivity index (χ4n) is 3.09. The van der Waals surface area contributed by atoms with E-state index in [0.29, 0.717) is 0 Å². The van der Waals surface area contributed by atoms with E-state index in [0.717, 1.165) is 5.56 Å². The summed E-state index contributed by atoms with van der Waals surface area (Å²) < 4.78 is 10.5. The van der Waals surface area contributed by atoms with Gasteiger partial charge in [-0.1, -0.05) is 42.5 Å². The number of nitrogens with one attached hydrogen (secondary N) is 3. The van der Waals surface area contributed by atoms with Crippen LogP contribution in [0.4, 0.5) is 4.79 Å². The molecule has 0 radical (unpaired) electrons. The van der Waals surface area contributed by atoms with E-state index in [1.807, 2.05) is 18.2 Å². The Morgan fingerprint density at radius 2 is 1.69 bits per heavy atom. The number of aliphatic hydroxyl groups excluding tert-OH is 1. The minimum Gasteiger partial charge on any atom is -0.459 e. The average molecular weight is 504 g/mol. The van der Waals surface area contributed by atoms with Crippen molar-refractivity contribution in [3.63, 3.8) is 0 Å². The summed E-state index contributed by atoms with van der Waals surface area (Å²) in [5.74, 6) is -2.12. The molecular weight excluding hydrogens is 466 g/mol. The third-order valence-electron chi connectivity index (χ3n) is 5.01. The van der Waals surface area contributed by atoms with Gasteiger partial charge in [0, 0.05) is 12.5 Å². The van der Waals surface area contributed by atoms with E-state index in [2.05, 4.69) is 29.1 Å². The van der Waals surface area contributed by atoms with Crippen molar-refractivity contribution in [1.29, 1.82) is 0 Å². The van der Waals surface area contributed by atoms with Crippen LogP contribution in [0, 0.1) is 5.92 Å². The predicted octanol–water partition coefficient (Wildman–Crippen LogP) is 1.98. The summed E-state index contributed by atoms with van der Waals surface area (Å²) in [5, 5.41) is 16.8. The smallest absolute Gasteiger partial charge is 0.408 e. The topological polar surface area (TPSA) is 143 Å². The molecule has 0 spiro atoms. The standard InChI is InChI=1S/C26H37N3O7/c1-5-10-21(14-23(31)28-18(3)16-30)24(32)27-15-19(4)36-25(33)22(11-6-2)29-26(34)35-17-20-12-8-7-9-13-20/h5-9,12-13,18-19,21-22,30H,1-2,10-11,14-17H2,3-4H3,(H,27,32)(H,28,31)(H,29,34)/t18-,19-,21-,22+/m0/s1. The van der Waals surface area contributed by atoms with Crippen molar-refractivity contribution in [2.24, 2.45) is 5.92 Å². The van der Waals surface area contributed by atoms with Crippen molar-refractivity contribution in [2.75, 3.05) is 13.2 Å². The van der Waals surface area contributed by atoms with Gasteiger partial charge in [0.25, 0.3) is 0 Å². The van der Waals surface area contributed by atoms with Gasteiger partial charge in [-0.15, -0.1) is 13.2 Å². The maximum atomic E-state index is 12.6. The summed E-state index contributed by atoms with van der Waals surface area (Å²) in [5.41, 5.74) is 0.801. The van der Waals surface area contributed by atoms with Crippen molar-refractivity contribution in [3.05, 3.63) is 61.2 Å². The van der Waals surface area contributed by atoms with Gasteiger partial charge in [-0.05, 0) is 32.3 Å². The van der Waals surface area contributed by atoms with Gasteiger partial charge in [-0.3, -0.25) is 9.59 Å². The van der Waals surface area contributed by atoms with Crippen LogP contribution in [0.25, 0.3) is 0 Å². The molecule has 0 unspecified atom stereocenters. The van der Waals surface area contributed by atoms with Crippen molar-refractivity contribution >= 4 is 23.9 Å². The first-order valence-corrected chi connectivity index (χ1v) is 11.8. The lowest BCUT2D eigenvalue weighted by Crippen LogP contribution is -2.44. The Labute approximate surface area is 212 Å². The number of hydrogen-bond donors (Lipinski definition) is 4. The minimum atomic E-state index is -1.00. The molecule has 3 amide bonds. The van der Waals surface area contributed by atoms with E-state index < -0.39 is 42.1 Å². The van der Waals surface area contributed by atoms with Crippen LogP contribution in [0.2, 0.25) is 0 Å². The largest absolute Gasteiger partial charge is 0.459 e. The van der Waals surface area contributed by atoms with E-state index in [1.54, 1.807) is 32.1 Å². The van der Waals surface area contributed by atoms with E-state index in [-0.39, 0.29) is 44.9 Å². The summed E-state index contributed by atoms with van der Waals surface area (Å²) in [4.78, 5) is 49.4. The van der Waals surface area contributed by atoms with Gasteiger partial charge in [0.2, 0.25) is 11.8 Å². The molecule has 0 bridgehead atoms. The maximum Gasteiger partial charge on any atom is 0.408 e. The van der Waals surface area contributed by atoms with Gasteiger partial charge in [0.15, 0.2) is 0 Å².